The van der Waals surface area contributed by atoms with Crippen LogP contribution in [0.2, 0.25) is 0 Å². The maximum Gasteiger partial charge on any atom is 0.153 e. The number of carbonyl (C=O) groups is 1. The van der Waals surface area contributed by atoms with Crippen molar-refractivity contribution >= 4 is 12.4 Å². The minimum absolute atomic E-state index is 0. The van der Waals surface area contributed by atoms with Gasteiger partial charge in [0, 0.05) is 18.1 Å². The summed E-state index contributed by atoms with van der Waals surface area (Å²) in [6.45, 7) is 6.57. The number of nitriles is 2. The van der Waals surface area contributed by atoms with Gasteiger partial charge in [-0.15, -0.1) is 0 Å². The van der Waals surface area contributed by atoms with Crippen LogP contribution >= 0.6 is 0 Å². The Kier molecular flexibility index (Phi) is 28.8. The molecule has 3 aromatic rings. The van der Waals surface area contributed by atoms with Crippen molar-refractivity contribution in [2.24, 2.45) is 5.73 Å². The zero-order chi connectivity index (χ0) is 23.6. The van der Waals surface area contributed by atoms with E-state index in [1.807, 2.05) is 39.0 Å². The summed E-state index contributed by atoms with van der Waals surface area (Å²) in [5, 5.41) is 15.7. The van der Waals surface area contributed by atoms with Gasteiger partial charge in [-0.05, 0) is 49.2 Å². The molecule has 3 aromatic heterocycles. The highest BCUT2D eigenvalue weighted by Gasteiger charge is 1.90. The minimum Gasteiger partial charge on any atom is -1.00 e. The van der Waals surface area contributed by atoms with Crippen LogP contribution in [-0.2, 0) is 6.42 Å². The molecule has 174 valence electrons. The van der Waals surface area contributed by atoms with E-state index in [9.17, 15) is 4.79 Å². The van der Waals surface area contributed by atoms with Gasteiger partial charge in [0.05, 0.1) is 49.0 Å². The third-order valence-corrected chi connectivity index (χ3v) is 2.98. The lowest BCUT2D eigenvalue weighted by Gasteiger charge is -1.89. The number of aldehydes is 1. The molecule has 7 nitrogen and oxygen atoms in total. The first kappa shape index (κ1) is 33.3. The van der Waals surface area contributed by atoms with Crippen molar-refractivity contribution in [1.82, 2.24) is 0 Å². The maximum atomic E-state index is 9.81. The van der Waals surface area contributed by atoms with Crippen LogP contribution in [0.5, 0.6) is 0 Å². The van der Waals surface area contributed by atoms with Gasteiger partial charge in [-0.25, -0.2) is 0 Å². The minimum atomic E-state index is 0. The summed E-state index contributed by atoms with van der Waals surface area (Å²) in [5.74, 6) is 0. The number of hydrogen-bond acceptors (Lipinski definition) is 7. The lowest BCUT2D eigenvalue weighted by Crippen LogP contribution is -3.00. The summed E-state index contributed by atoms with van der Waals surface area (Å²) in [4.78, 5) is 9.81. The lowest BCUT2D eigenvalue weighted by atomic mass is 10.2. The molecule has 3 heterocycles. The molecule has 0 saturated heterocycles. The number of carbonyl (C=O) groups excluding carboxylic acids is 1. The van der Waals surface area contributed by atoms with Crippen molar-refractivity contribution < 1.29 is 35.0 Å². The molecule has 0 amide bonds. The van der Waals surface area contributed by atoms with Gasteiger partial charge in [-0.1, -0.05) is 20.8 Å². The van der Waals surface area contributed by atoms with Gasteiger partial charge in [-0.2, -0.15) is 10.5 Å². The van der Waals surface area contributed by atoms with Crippen molar-refractivity contribution in [2.75, 3.05) is 6.54 Å². The molecule has 0 radical (unpaired) electrons. The number of halogens is 1. The molecule has 0 spiro atoms. The zero-order valence-electron chi connectivity index (χ0n) is 18.7. The molecular formula is C24H31BrN3O4-. The summed E-state index contributed by atoms with van der Waals surface area (Å²) >= 11 is 0. The third kappa shape index (κ3) is 21.4. The highest BCUT2D eigenvalue weighted by molar-refractivity contribution is 5.73. The van der Waals surface area contributed by atoms with Crippen molar-refractivity contribution in [2.45, 2.75) is 40.0 Å². The molecule has 0 fully saturated rings. The Morgan fingerprint density at radius 2 is 1.50 bits per heavy atom. The third-order valence-electron chi connectivity index (χ3n) is 2.98. The highest BCUT2D eigenvalue weighted by Crippen LogP contribution is 2.02. The summed E-state index contributed by atoms with van der Waals surface area (Å²) in [6.07, 6.45) is 16.0. The fraction of sp³-hybridized carbons (Fsp3) is 0.292. The molecule has 0 saturated carbocycles. The van der Waals surface area contributed by atoms with Crippen molar-refractivity contribution in [1.29, 1.82) is 10.5 Å². The molecule has 0 aromatic carbocycles. The Labute approximate surface area is 200 Å². The Hall–Kier alpha value is -3.33. The van der Waals surface area contributed by atoms with Crippen LogP contribution in [0.15, 0.2) is 75.1 Å². The summed E-state index contributed by atoms with van der Waals surface area (Å²) < 4.78 is 14.2. The van der Waals surface area contributed by atoms with Crippen molar-refractivity contribution in [3.8, 4) is 12.1 Å². The van der Waals surface area contributed by atoms with E-state index in [4.69, 9.17) is 25.1 Å². The first-order valence-electron chi connectivity index (χ1n) is 9.85. The van der Waals surface area contributed by atoms with Gasteiger partial charge < -0.3 is 36.0 Å². The van der Waals surface area contributed by atoms with Crippen LogP contribution < -0.4 is 22.7 Å². The molecular weight excluding hydrogens is 474 g/mol. The molecule has 8 heteroatoms. The Bertz CT molecular complexity index is 829. The molecule has 0 aliphatic rings. The van der Waals surface area contributed by atoms with Gasteiger partial charge in [-0.3, -0.25) is 4.79 Å². The predicted molar refractivity (Wildman–Crippen MR) is 121 cm³/mol. The van der Waals surface area contributed by atoms with Crippen LogP contribution in [0.1, 0.15) is 55.1 Å². The summed E-state index contributed by atoms with van der Waals surface area (Å²) in [7, 11) is 0. The van der Waals surface area contributed by atoms with Gasteiger partial charge in [0.25, 0.3) is 0 Å². The molecule has 0 atom stereocenters. The van der Waals surface area contributed by atoms with Gasteiger partial charge in [0.1, 0.15) is 6.26 Å². The SMILES string of the molecule is CC.CCC#N.N#C/C=C/c1ccoc1.NCCCc1ccoc1.O=Cc1ccoc1.[Br-]. The van der Waals surface area contributed by atoms with E-state index >= 15 is 0 Å². The topological polar surface area (TPSA) is 130 Å². The van der Waals surface area contributed by atoms with Gasteiger partial charge in [0.15, 0.2) is 6.29 Å². The smallest absolute Gasteiger partial charge is 0.153 e. The lowest BCUT2D eigenvalue weighted by molar-refractivity contribution is -0.0000147. The second kappa shape index (κ2) is 27.7. The monoisotopic (exact) mass is 504 g/mol. The van der Waals surface area contributed by atoms with E-state index in [-0.39, 0.29) is 17.0 Å². The van der Waals surface area contributed by atoms with Crippen LogP contribution in [0, 0.1) is 22.7 Å². The highest BCUT2D eigenvalue weighted by atomic mass is 79.9. The Balaban J connectivity index is -0.000000349. The molecule has 32 heavy (non-hydrogen) atoms. The maximum absolute atomic E-state index is 9.81. The molecule has 0 unspecified atom stereocenters. The molecule has 2 N–H and O–H groups in total. The number of nitrogens with two attached hydrogens (primary N) is 1. The number of rotatable bonds is 5. The summed E-state index contributed by atoms with van der Waals surface area (Å²) in [5.41, 5.74) is 8.05. The first-order chi connectivity index (χ1) is 15.2. The zero-order valence-corrected chi connectivity index (χ0v) is 20.3. The van der Waals surface area contributed by atoms with E-state index in [0.717, 1.165) is 31.2 Å². The number of hydrogen-bond donors (Lipinski definition) is 1. The second-order valence-corrected chi connectivity index (χ2v) is 5.23. The van der Waals surface area contributed by atoms with Gasteiger partial charge >= 0.3 is 0 Å². The number of aryl methyl sites for hydroxylation is 1. The van der Waals surface area contributed by atoms with Crippen molar-refractivity contribution in [3.63, 3.8) is 0 Å². The van der Waals surface area contributed by atoms with E-state index in [1.165, 1.54) is 24.2 Å². The molecule has 3 rings (SSSR count). The average Bonchev–Trinajstić information content (AvgIpc) is 3.62. The van der Waals surface area contributed by atoms with E-state index in [2.05, 4.69) is 4.42 Å². The Morgan fingerprint density at radius 1 is 0.969 bits per heavy atom. The quantitative estimate of drug-likeness (QED) is 0.417. The fourth-order valence-electron chi connectivity index (χ4n) is 1.59. The standard InChI is InChI=1S/C7H11NO.C7H5NO.C5H4O2.C3H5N.C2H6.BrH/c2*8-4-1-2-7-3-5-9-6-7;6-3-5-1-2-7-4-5;1-2-3-4;1-2;/h3,5-6H,1-2,4,8H2;1-3,5-6H;1-4H;2H2,1H3;1-2H3;1H/p-1/b;2-1+;;;;. The summed E-state index contributed by atoms with van der Waals surface area (Å²) in [6, 6.07) is 9.17. The molecule has 0 aliphatic carbocycles. The second-order valence-electron chi connectivity index (χ2n) is 5.23. The number of furan rings is 3. The molecule has 0 aliphatic heterocycles. The van der Waals surface area contributed by atoms with Crippen LogP contribution in [-0.4, -0.2) is 12.8 Å². The van der Waals surface area contributed by atoms with E-state index in [0.29, 0.717) is 12.0 Å². The fourth-order valence-corrected chi connectivity index (χ4v) is 1.59. The van der Waals surface area contributed by atoms with E-state index in [1.54, 1.807) is 43.3 Å². The Morgan fingerprint density at radius 3 is 1.84 bits per heavy atom. The van der Waals surface area contributed by atoms with E-state index < -0.39 is 0 Å². The number of nitrogens with zero attached hydrogens (tertiary/aromatic N) is 2. The predicted octanol–water partition coefficient (Wildman–Crippen LogP) is 3.03. The normalized spacial score (nSPS) is 8.19. The first-order valence-corrected chi connectivity index (χ1v) is 9.85. The molecule has 0 bridgehead atoms. The van der Waals surface area contributed by atoms with Crippen LogP contribution in [0.4, 0.5) is 0 Å². The van der Waals surface area contributed by atoms with Gasteiger partial charge in [0.2, 0.25) is 0 Å². The van der Waals surface area contributed by atoms with Crippen LogP contribution in [0.25, 0.3) is 6.08 Å². The largest absolute Gasteiger partial charge is 1.00 e. The van der Waals surface area contributed by atoms with Crippen molar-refractivity contribution in [3.05, 3.63) is 78.5 Å². The average molecular weight is 505 g/mol. The van der Waals surface area contributed by atoms with Crippen LogP contribution in [0.3, 0.4) is 0 Å². The number of allylic oxidation sites excluding steroid dienone is 1.